The predicted molar refractivity (Wildman–Crippen MR) is 78.5 cm³/mol. The van der Waals surface area contributed by atoms with E-state index in [1.165, 1.54) is 5.56 Å². The fourth-order valence-corrected chi connectivity index (χ4v) is 2.18. The summed E-state index contributed by atoms with van der Waals surface area (Å²) in [5, 5.41) is 0. The number of nitrogens with two attached hydrogens (primary N) is 1. The highest BCUT2D eigenvalue weighted by atomic mass is 16.6. The average Bonchev–Trinajstić information content (AvgIpc) is 3.31. The summed E-state index contributed by atoms with van der Waals surface area (Å²) in [6.07, 6.45) is 1.25. The van der Waals surface area contributed by atoms with Crippen molar-refractivity contribution in [3.63, 3.8) is 0 Å². The predicted octanol–water partition coefficient (Wildman–Crippen LogP) is 3.05. The van der Waals surface area contributed by atoms with Crippen LogP contribution < -0.4 is 10.5 Å². The highest BCUT2D eigenvalue weighted by Gasteiger charge is 2.25. The first-order valence-electron chi connectivity index (χ1n) is 6.95. The van der Waals surface area contributed by atoms with Crippen LogP contribution in [0.25, 0.3) is 0 Å². The van der Waals surface area contributed by atoms with E-state index in [2.05, 4.69) is 12.1 Å². The van der Waals surface area contributed by atoms with E-state index in [0.29, 0.717) is 12.7 Å². The van der Waals surface area contributed by atoms with Gasteiger partial charge in [0.15, 0.2) is 0 Å². The molecule has 104 valence electrons. The van der Waals surface area contributed by atoms with Gasteiger partial charge in [0.1, 0.15) is 12.4 Å². The lowest BCUT2D eigenvalue weighted by Crippen LogP contribution is -2.12. The molecule has 3 rings (SSSR count). The second-order valence-corrected chi connectivity index (χ2v) is 5.14. The molecule has 2 aromatic rings. The van der Waals surface area contributed by atoms with Gasteiger partial charge in [-0.2, -0.15) is 0 Å². The van der Waals surface area contributed by atoms with Gasteiger partial charge in [-0.15, -0.1) is 0 Å². The second-order valence-electron chi connectivity index (χ2n) is 5.14. The standard InChI is InChI=1S/C17H19NO2/c18-17(10-16-12-20-16)14-6-8-15(9-7-14)19-11-13-4-2-1-3-5-13/h1-9,16-17H,10-12,18H2. The third-order valence-corrected chi connectivity index (χ3v) is 3.48. The van der Waals surface area contributed by atoms with Gasteiger partial charge in [0.05, 0.1) is 12.7 Å². The Morgan fingerprint density at radius 3 is 2.45 bits per heavy atom. The van der Waals surface area contributed by atoms with Gasteiger partial charge in [0, 0.05) is 6.04 Å². The van der Waals surface area contributed by atoms with Gasteiger partial charge < -0.3 is 15.2 Å². The Hall–Kier alpha value is -1.84. The maximum atomic E-state index is 6.13. The summed E-state index contributed by atoms with van der Waals surface area (Å²) in [5.41, 5.74) is 8.43. The average molecular weight is 269 g/mol. The Balaban J connectivity index is 1.55. The SMILES string of the molecule is NC(CC1CO1)c1ccc(OCc2ccccc2)cc1. The lowest BCUT2D eigenvalue weighted by atomic mass is 10.0. The number of hydrogen-bond acceptors (Lipinski definition) is 3. The van der Waals surface area contributed by atoms with Crippen LogP contribution in [-0.2, 0) is 11.3 Å². The summed E-state index contributed by atoms with van der Waals surface area (Å²) >= 11 is 0. The van der Waals surface area contributed by atoms with Gasteiger partial charge in [0.25, 0.3) is 0 Å². The Kier molecular flexibility index (Phi) is 4.00. The van der Waals surface area contributed by atoms with Crippen LogP contribution in [0.1, 0.15) is 23.6 Å². The molecule has 2 aromatic carbocycles. The quantitative estimate of drug-likeness (QED) is 0.820. The molecule has 0 aromatic heterocycles. The molecule has 0 amide bonds. The Labute approximate surface area is 119 Å². The molecule has 2 atom stereocenters. The zero-order valence-electron chi connectivity index (χ0n) is 11.4. The summed E-state index contributed by atoms with van der Waals surface area (Å²) in [5.74, 6) is 0.868. The van der Waals surface area contributed by atoms with Gasteiger partial charge in [-0.1, -0.05) is 42.5 Å². The molecule has 3 heteroatoms. The molecule has 1 aliphatic rings. The zero-order chi connectivity index (χ0) is 13.8. The van der Waals surface area contributed by atoms with Crippen molar-refractivity contribution in [2.45, 2.75) is 25.2 Å². The second kappa shape index (κ2) is 6.07. The third kappa shape index (κ3) is 3.59. The molecule has 0 spiro atoms. The highest BCUT2D eigenvalue weighted by molar-refractivity contribution is 5.29. The maximum Gasteiger partial charge on any atom is 0.119 e. The fraction of sp³-hybridized carbons (Fsp3) is 0.294. The van der Waals surface area contributed by atoms with Crippen LogP contribution in [0, 0.1) is 0 Å². The van der Waals surface area contributed by atoms with E-state index >= 15 is 0 Å². The fourth-order valence-electron chi connectivity index (χ4n) is 2.18. The Bertz CT molecular complexity index is 535. The van der Waals surface area contributed by atoms with E-state index in [0.717, 1.165) is 24.3 Å². The van der Waals surface area contributed by atoms with Crippen LogP contribution in [0.4, 0.5) is 0 Å². The molecule has 0 radical (unpaired) electrons. The topological polar surface area (TPSA) is 47.8 Å². The van der Waals surface area contributed by atoms with E-state index in [1.54, 1.807) is 0 Å². The maximum absolute atomic E-state index is 6.13. The minimum Gasteiger partial charge on any atom is -0.489 e. The van der Waals surface area contributed by atoms with Crippen LogP contribution >= 0.6 is 0 Å². The summed E-state index contributed by atoms with van der Waals surface area (Å²) in [6, 6.07) is 18.2. The van der Waals surface area contributed by atoms with E-state index in [-0.39, 0.29) is 6.04 Å². The van der Waals surface area contributed by atoms with E-state index < -0.39 is 0 Å². The van der Waals surface area contributed by atoms with Crippen LogP contribution in [0.15, 0.2) is 54.6 Å². The van der Waals surface area contributed by atoms with Crippen molar-refractivity contribution in [2.75, 3.05) is 6.61 Å². The first-order chi connectivity index (χ1) is 9.81. The highest BCUT2D eigenvalue weighted by Crippen LogP contribution is 2.25. The van der Waals surface area contributed by atoms with Gasteiger partial charge in [-0.05, 0) is 29.7 Å². The van der Waals surface area contributed by atoms with Crippen molar-refractivity contribution in [3.05, 3.63) is 65.7 Å². The van der Waals surface area contributed by atoms with Crippen molar-refractivity contribution < 1.29 is 9.47 Å². The smallest absolute Gasteiger partial charge is 0.119 e. The number of rotatable bonds is 6. The summed E-state index contributed by atoms with van der Waals surface area (Å²) < 4.78 is 11.0. The minimum absolute atomic E-state index is 0.0469. The minimum atomic E-state index is 0.0469. The van der Waals surface area contributed by atoms with Crippen molar-refractivity contribution in [1.29, 1.82) is 0 Å². The molecule has 1 heterocycles. The Morgan fingerprint density at radius 1 is 1.10 bits per heavy atom. The lowest BCUT2D eigenvalue weighted by molar-refractivity contribution is 0.306. The lowest BCUT2D eigenvalue weighted by Gasteiger charge is -2.12. The van der Waals surface area contributed by atoms with E-state index in [4.69, 9.17) is 15.2 Å². The zero-order valence-corrected chi connectivity index (χ0v) is 11.4. The molecule has 1 fully saturated rings. The molecule has 2 N–H and O–H groups in total. The van der Waals surface area contributed by atoms with Crippen molar-refractivity contribution >= 4 is 0 Å². The first kappa shape index (κ1) is 13.2. The number of ether oxygens (including phenoxy) is 2. The van der Waals surface area contributed by atoms with Gasteiger partial charge in [-0.3, -0.25) is 0 Å². The Morgan fingerprint density at radius 2 is 1.80 bits per heavy atom. The molecular formula is C17H19NO2. The monoisotopic (exact) mass is 269 g/mol. The van der Waals surface area contributed by atoms with Crippen LogP contribution in [0.2, 0.25) is 0 Å². The van der Waals surface area contributed by atoms with Crippen molar-refractivity contribution in [1.82, 2.24) is 0 Å². The largest absolute Gasteiger partial charge is 0.489 e. The van der Waals surface area contributed by atoms with Crippen LogP contribution in [-0.4, -0.2) is 12.7 Å². The van der Waals surface area contributed by atoms with E-state index in [9.17, 15) is 0 Å². The number of hydrogen-bond donors (Lipinski definition) is 1. The molecule has 20 heavy (non-hydrogen) atoms. The van der Waals surface area contributed by atoms with Crippen LogP contribution in [0.3, 0.4) is 0 Å². The third-order valence-electron chi connectivity index (χ3n) is 3.48. The van der Waals surface area contributed by atoms with Gasteiger partial charge in [-0.25, -0.2) is 0 Å². The van der Waals surface area contributed by atoms with Gasteiger partial charge in [0.2, 0.25) is 0 Å². The molecule has 3 nitrogen and oxygen atoms in total. The van der Waals surface area contributed by atoms with Gasteiger partial charge >= 0.3 is 0 Å². The summed E-state index contributed by atoms with van der Waals surface area (Å²) in [4.78, 5) is 0. The van der Waals surface area contributed by atoms with Crippen molar-refractivity contribution in [2.24, 2.45) is 5.73 Å². The number of epoxide rings is 1. The molecule has 0 aliphatic carbocycles. The first-order valence-corrected chi connectivity index (χ1v) is 6.95. The van der Waals surface area contributed by atoms with Crippen molar-refractivity contribution in [3.8, 4) is 5.75 Å². The number of benzene rings is 2. The molecule has 2 unspecified atom stereocenters. The van der Waals surface area contributed by atoms with Crippen LogP contribution in [0.5, 0.6) is 5.75 Å². The molecule has 0 bridgehead atoms. The molecular weight excluding hydrogens is 250 g/mol. The van der Waals surface area contributed by atoms with E-state index in [1.807, 2.05) is 42.5 Å². The summed E-state index contributed by atoms with van der Waals surface area (Å²) in [7, 11) is 0. The molecule has 1 saturated heterocycles. The molecule has 0 saturated carbocycles. The normalized spacial score (nSPS) is 18.6. The molecule has 1 aliphatic heterocycles. The summed E-state index contributed by atoms with van der Waals surface area (Å²) in [6.45, 7) is 1.44.